The topological polar surface area (TPSA) is 52.8 Å². The molecule has 124 valence electrons. The fourth-order valence-electron chi connectivity index (χ4n) is 3.41. The van der Waals surface area contributed by atoms with Crippen LogP contribution in [0.2, 0.25) is 0 Å². The lowest BCUT2D eigenvalue weighted by atomic mass is 10.1. The minimum absolute atomic E-state index is 0.193. The van der Waals surface area contributed by atoms with Crippen molar-refractivity contribution >= 4 is 5.91 Å². The van der Waals surface area contributed by atoms with Crippen molar-refractivity contribution in [1.29, 1.82) is 0 Å². The molecule has 2 atom stereocenters. The molecule has 1 aliphatic rings. The first kappa shape index (κ1) is 18.4. The molecule has 0 radical (unpaired) electrons. The fourth-order valence-corrected chi connectivity index (χ4v) is 3.41. The summed E-state index contributed by atoms with van der Waals surface area (Å²) in [5.74, 6) is 0.238. The normalized spacial score (nSPS) is 21.0. The Morgan fingerprint density at radius 2 is 1.81 bits per heavy atom. The molecule has 0 aromatic rings. The number of carbonyl (C=O) groups is 1. The number of hydrogen-bond donors (Lipinski definition) is 1. The van der Waals surface area contributed by atoms with Gasteiger partial charge in [0.15, 0.2) is 0 Å². The van der Waals surface area contributed by atoms with E-state index >= 15 is 0 Å². The molecule has 2 N–H and O–H groups in total. The van der Waals surface area contributed by atoms with E-state index in [1.54, 1.807) is 0 Å². The number of likely N-dealkylation sites (tertiary alicyclic amines) is 1. The van der Waals surface area contributed by atoms with Gasteiger partial charge in [-0.15, -0.1) is 0 Å². The molecule has 0 aromatic heterocycles. The van der Waals surface area contributed by atoms with Crippen molar-refractivity contribution in [2.45, 2.75) is 52.6 Å². The van der Waals surface area contributed by atoms with Gasteiger partial charge in [-0.3, -0.25) is 14.6 Å². The minimum atomic E-state index is 0.193. The van der Waals surface area contributed by atoms with Gasteiger partial charge in [0, 0.05) is 51.2 Å². The molecule has 5 nitrogen and oxygen atoms in total. The van der Waals surface area contributed by atoms with Crippen molar-refractivity contribution < 1.29 is 4.79 Å². The largest absolute Gasteiger partial charge is 0.343 e. The molecule has 2 unspecified atom stereocenters. The molecular weight excluding hydrogens is 264 g/mol. The standard InChI is InChI=1S/C16H34N4O/c1-5-18(6-2)14-9-10-20(13-14)15(12-17)11-16(21)19(7-3)8-4/h14-15H,5-13,17H2,1-4H3. The second-order valence-corrected chi connectivity index (χ2v) is 5.82. The second-order valence-electron chi connectivity index (χ2n) is 5.82. The Labute approximate surface area is 130 Å². The summed E-state index contributed by atoms with van der Waals surface area (Å²) in [6.45, 7) is 15.0. The Morgan fingerprint density at radius 1 is 1.19 bits per heavy atom. The first-order chi connectivity index (χ1) is 10.1. The molecule has 0 aromatic carbocycles. The van der Waals surface area contributed by atoms with Crippen LogP contribution >= 0.6 is 0 Å². The zero-order valence-corrected chi connectivity index (χ0v) is 14.3. The molecule has 1 amide bonds. The summed E-state index contributed by atoms with van der Waals surface area (Å²) in [6.07, 6.45) is 1.75. The van der Waals surface area contributed by atoms with Crippen LogP contribution in [0.15, 0.2) is 0 Å². The average Bonchev–Trinajstić information content (AvgIpc) is 2.97. The van der Waals surface area contributed by atoms with Crippen LogP contribution in [0.3, 0.4) is 0 Å². The van der Waals surface area contributed by atoms with E-state index in [2.05, 4.69) is 23.6 Å². The summed E-state index contributed by atoms with van der Waals surface area (Å²) >= 11 is 0. The predicted molar refractivity (Wildman–Crippen MR) is 88.3 cm³/mol. The number of hydrogen-bond acceptors (Lipinski definition) is 4. The third kappa shape index (κ3) is 4.94. The van der Waals surface area contributed by atoms with Gasteiger partial charge in [0.05, 0.1) is 0 Å². The Bertz CT molecular complexity index is 303. The van der Waals surface area contributed by atoms with E-state index in [0.29, 0.717) is 19.0 Å². The summed E-state index contributed by atoms with van der Waals surface area (Å²) < 4.78 is 0. The fraction of sp³-hybridized carbons (Fsp3) is 0.938. The van der Waals surface area contributed by atoms with Crippen molar-refractivity contribution in [1.82, 2.24) is 14.7 Å². The van der Waals surface area contributed by atoms with Crippen LogP contribution in [0, 0.1) is 0 Å². The van der Waals surface area contributed by atoms with Crippen molar-refractivity contribution in [2.24, 2.45) is 5.73 Å². The summed E-state index contributed by atoms with van der Waals surface area (Å²) in [7, 11) is 0. The number of likely N-dealkylation sites (N-methyl/N-ethyl adjacent to an activating group) is 1. The maximum absolute atomic E-state index is 12.3. The Balaban J connectivity index is 2.56. The van der Waals surface area contributed by atoms with E-state index in [0.717, 1.165) is 39.3 Å². The van der Waals surface area contributed by atoms with Crippen molar-refractivity contribution in [3.63, 3.8) is 0 Å². The number of nitrogens with two attached hydrogens (primary N) is 1. The zero-order valence-electron chi connectivity index (χ0n) is 14.3. The highest BCUT2D eigenvalue weighted by Gasteiger charge is 2.31. The first-order valence-corrected chi connectivity index (χ1v) is 8.56. The van der Waals surface area contributed by atoms with E-state index in [-0.39, 0.29) is 11.9 Å². The Morgan fingerprint density at radius 3 is 2.29 bits per heavy atom. The van der Waals surface area contributed by atoms with Gasteiger partial charge >= 0.3 is 0 Å². The quantitative estimate of drug-likeness (QED) is 0.690. The van der Waals surface area contributed by atoms with Gasteiger partial charge in [-0.25, -0.2) is 0 Å². The lowest BCUT2D eigenvalue weighted by Gasteiger charge is -2.30. The maximum Gasteiger partial charge on any atom is 0.224 e. The van der Waals surface area contributed by atoms with E-state index in [1.165, 1.54) is 6.42 Å². The summed E-state index contributed by atoms with van der Waals surface area (Å²) in [4.78, 5) is 19.1. The number of rotatable bonds is 9. The van der Waals surface area contributed by atoms with E-state index in [9.17, 15) is 4.79 Å². The van der Waals surface area contributed by atoms with Crippen molar-refractivity contribution in [3.8, 4) is 0 Å². The van der Waals surface area contributed by atoms with Crippen LogP contribution in [-0.4, -0.2) is 78.5 Å². The number of amides is 1. The van der Waals surface area contributed by atoms with Crippen LogP contribution < -0.4 is 5.73 Å². The van der Waals surface area contributed by atoms with Crippen LogP contribution in [0.25, 0.3) is 0 Å². The highest BCUT2D eigenvalue weighted by Crippen LogP contribution is 2.19. The van der Waals surface area contributed by atoms with E-state index < -0.39 is 0 Å². The van der Waals surface area contributed by atoms with Crippen LogP contribution in [-0.2, 0) is 4.79 Å². The first-order valence-electron chi connectivity index (χ1n) is 8.56. The lowest BCUT2D eigenvalue weighted by molar-refractivity contribution is -0.132. The molecule has 0 spiro atoms. The summed E-state index contributed by atoms with van der Waals surface area (Å²) in [6, 6.07) is 0.816. The summed E-state index contributed by atoms with van der Waals surface area (Å²) in [5.41, 5.74) is 5.94. The SMILES string of the molecule is CCN(CC)C(=O)CC(CN)N1CCC(N(CC)CC)C1. The van der Waals surface area contributed by atoms with E-state index in [4.69, 9.17) is 5.73 Å². The molecule has 21 heavy (non-hydrogen) atoms. The average molecular weight is 298 g/mol. The molecule has 1 aliphatic heterocycles. The third-order valence-corrected chi connectivity index (χ3v) is 4.84. The maximum atomic E-state index is 12.3. The zero-order chi connectivity index (χ0) is 15.8. The molecule has 1 heterocycles. The smallest absolute Gasteiger partial charge is 0.224 e. The molecule has 0 saturated carbocycles. The molecule has 5 heteroatoms. The van der Waals surface area contributed by atoms with Crippen LogP contribution in [0.5, 0.6) is 0 Å². The van der Waals surface area contributed by atoms with Gasteiger partial charge in [0.2, 0.25) is 5.91 Å². The second kappa shape index (κ2) is 9.38. The lowest BCUT2D eigenvalue weighted by Crippen LogP contribution is -2.45. The van der Waals surface area contributed by atoms with Gasteiger partial charge in [-0.1, -0.05) is 13.8 Å². The number of nitrogens with zero attached hydrogens (tertiary/aromatic N) is 3. The highest BCUT2D eigenvalue weighted by atomic mass is 16.2. The molecule has 0 aliphatic carbocycles. The molecular formula is C16H34N4O. The van der Waals surface area contributed by atoms with Gasteiger partial charge in [0.1, 0.15) is 0 Å². The molecule has 0 bridgehead atoms. The highest BCUT2D eigenvalue weighted by molar-refractivity contribution is 5.76. The van der Waals surface area contributed by atoms with Gasteiger partial charge in [0.25, 0.3) is 0 Å². The predicted octanol–water partition coefficient (Wildman–Crippen LogP) is 0.988. The minimum Gasteiger partial charge on any atom is -0.343 e. The van der Waals surface area contributed by atoms with E-state index in [1.807, 2.05) is 18.7 Å². The monoisotopic (exact) mass is 298 g/mol. The molecule has 1 fully saturated rings. The third-order valence-electron chi connectivity index (χ3n) is 4.84. The Kier molecular flexibility index (Phi) is 8.22. The van der Waals surface area contributed by atoms with Crippen LogP contribution in [0.4, 0.5) is 0 Å². The van der Waals surface area contributed by atoms with Gasteiger partial charge < -0.3 is 10.6 Å². The molecule has 1 saturated heterocycles. The molecule has 1 rings (SSSR count). The van der Waals surface area contributed by atoms with Gasteiger partial charge in [-0.2, -0.15) is 0 Å². The summed E-state index contributed by atoms with van der Waals surface area (Å²) in [5, 5.41) is 0. The van der Waals surface area contributed by atoms with Crippen molar-refractivity contribution in [2.75, 3.05) is 45.8 Å². The van der Waals surface area contributed by atoms with Gasteiger partial charge in [-0.05, 0) is 33.4 Å². The van der Waals surface area contributed by atoms with Crippen molar-refractivity contribution in [3.05, 3.63) is 0 Å². The number of carbonyl (C=O) groups excluding carboxylic acids is 1. The van der Waals surface area contributed by atoms with Crippen LogP contribution in [0.1, 0.15) is 40.5 Å². The Hall–Kier alpha value is -0.650.